The lowest BCUT2D eigenvalue weighted by Crippen LogP contribution is -2.37. The molecule has 2 rings (SSSR count). The Labute approximate surface area is 128 Å². The van der Waals surface area contributed by atoms with Crippen LogP contribution in [0.5, 0.6) is 0 Å². The largest absolute Gasteiger partial charge is 0.406 e. The minimum absolute atomic E-state index is 0.116. The molecule has 1 aromatic rings. The molecule has 0 bridgehead atoms. The first-order valence-electron chi connectivity index (χ1n) is 8.22. The van der Waals surface area contributed by atoms with Crippen molar-refractivity contribution in [3.8, 4) is 0 Å². The molecule has 1 heterocycles. The summed E-state index contributed by atoms with van der Waals surface area (Å²) in [5.41, 5.74) is 0.482. The van der Waals surface area contributed by atoms with Crippen molar-refractivity contribution in [1.82, 2.24) is 15.5 Å². The Bertz CT molecular complexity index is 433. The van der Waals surface area contributed by atoms with Crippen LogP contribution in [0.3, 0.4) is 0 Å². The minimum Gasteiger partial charge on any atom is -0.406 e. The average molecular weight is 294 g/mol. The Kier molecular flexibility index (Phi) is 5.25. The van der Waals surface area contributed by atoms with Crippen molar-refractivity contribution >= 4 is 6.01 Å². The molecule has 1 fully saturated rings. The summed E-state index contributed by atoms with van der Waals surface area (Å²) in [5, 5.41) is 11.8. The van der Waals surface area contributed by atoms with Crippen LogP contribution >= 0.6 is 0 Å². The van der Waals surface area contributed by atoms with E-state index < -0.39 is 0 Å². The molecule has 120 valence electrons. The minimum atomic E-state index is 0.116. The molecule has 1 aliphatic carbocycles. The molecule has 0 radical (unpaired) electrons. The fourth-order valence-electron chi connectivity index (χ4n) is 2.92. The first-order chi connectivity index (χ1) is 9.93. The monoisotopic (exact) mass is 294 g/mol. The van der Waals surface area contributed by atoms with Crippen LogP contribution in [0, 0.1) is 5.41 Å². The van der Waals surface area contributed by atoms with Crippen LogP contribution in [0.1, 0.15) is 71.7 Å². The molecule has 5 nitrogen and oxygen atoms in total. The zero-order chi connectivity index (χ0) is 15.5. The summed E-state index contributed by atoms with van der Waals surface area (Å²) in [6, 6.07) is 1.29. The molecule has 1 N–H and O–H groups in total. The van der Waals surface area contributed by atoms with Gasteiger partial charge in [-0.2, -0.15) is 0 Å². The van der Waals surface area contributed by atoms with E-state index in [-0.39, 0.29) is 6.04 Å². The van der Waals surface area contributed by atoms with Gasteiger partial charge in [0.2, 0.25) is 5.89 Å². The molecule has 1 saturated carbocycles. The highest BCUT2D eigenvalue weighted by Crippen LogP contribution is 2.37. The van der Waals surface area contributed by atoms with Crippen molar-refractivity contribution in [3.05, 3.63) is 5.89 Å². The summed E-state index contributed by atoms with van der Waals surface area (Å²) >= 11 is 0. The van der Waals surface area contributed by atoms with Gasteiger partial charge in [0.25, 0.3) is 0 Å². The van der Waals surface area contributed by atoms with Crippen molar-refractivity contribution in [3.63, 3.8) is 0 Å². The van der Waals surface area contributed by atoms with Gasteiger partial charge in [0.05, 0.1) is 6.04 Å². The Hall–Kier alpha value is -1.10. The lowest BCUT2D eigenvalue weighted by Gasteiger charge is -2.37. The molecule has 0 amide bonds. The van der Waals surface area contributed by atoms with E-state index in [4.69, 9.17) is 4.42 Å². The summed E-state index contributed by atoms with van der Waals surface area (Å²) in [4.78, 5) is 2.16. The van der Waals surface area contributed by atoms with E-state index in [0.717, 1.165) is 13.0 Å². The zero-order valence-corrected chi connectivity index (χ0v) is 14.1. The molecular formula is C16H30N4O. The van der Waals surface area contributed by atoms with Crippen LogP contribution in [0.25, 0.3) is 0 Å². The second-order valence-corrected chi connectivity index (χ2v) is 7.10. The third-order valence-electron chi connectivity index (χ3n) is 4.66. The van der Waals surface area contributed by atoms with Crippen molar-refractivity contribution in [2.45, 2.75) is 71.9 Å². The van der Waals surface area contributed by atoms with E-state index >= 15 is 0 Å². The maximum atomic E-state index is 5.85. The Morgan fingerprint density at radius 1 is 1.33 bits per heavy atom. The van der Waals surface area contributed by atoms with Crippen LogP contribution < -0.4 is 10.2 Å². The smallest absolute Gasteiger partial charge is 0.318 e. The number of rotatable bonds is 6. The summed E-state index contributed by atoms with van der Waals surface area (Å²) in [6.07, 6.45) is 6.02. The Morgan fingerprint density at radius 3 is 2.62 bits per heavy atom. The third kappa shape index (κ3) is 4.19. The van der Waals surface area contributed by atoms with Gasteiger partial charge in [-0.3, -0.25) is 0 Å². The second-order valence-electron chi connectivity index (χ2n) is 7.10. The maximum Gasteiger partial charge on any atom is 0.318 e. The van der Waals surface area contributed by atoms with Gasteiger partial charge in [-0.15, -0.1) is 5.10 Å². The van der Waals surface area contributed by atoms with Crippen molar-refractivity contribution < 1.29 is 4.42 Å². The van der Waals surface area contributed by atoms with Gasteiger partial charge in [-0.05, 0) is 51.0 Å². The first kappa shape index (κ1) is 16.3. The molecule has 0 spiro atoms. The van der Waals surface area contributed by atoms with Gasteiger partial charge >= 0.3 is 6.01 Å². The lowest BCUT2D eigenvalue weighted by molar-refractivity contribution is 0.219. The standard InChI is InChI=1S/C16H30N4O/c1-6-11-17-12(2)14-18-19-15(21-14)20(5)13-7-9-16(3,4)10-8-13/h12-13,17H,6-11H2,1-5H3. The van der Waals surface area contributed by atoms with E-state index in [1.807, 2.05) is 0 Å². The number of hydrogen-bond donors (Lipinski definition) is 1. The SMILES string of the molecule is CCCNC(C)c1nnc(N(C)C2CCC(C)(C)CC2)o1. The highest BCUT2D eigenvalue weighted by atomic mass is 16.4. The van der Waals surface area contributed by atoms with Gasteiger partial charge in [0.1, 0.15) is 0 Å². The average Bonchev–Trinajstić information content (AvgIpc) is 2.94. The summed E-state index contributed by atoms with van der Waals surface area (Å²) in [5.74, 6) is 0.682. The summed E-state index contributed by atoms with van der Waals surface area (Å²) in [7, 11) is 2.07. The van der Waals surface area contributed by atoms with Gasteiger partial charge in [-0.25, -0.2) is 0 Å². The molecule has 5 heteroatoms. The number of nitrogens with zero attached hydrogens (tertiary/aromatic N) is 3. The van der Waals surface area contributed by atoms with E-state index in [1.54, 1.807) is 0 Å². The molecule has 1 atom stereocenters. The maximum absolute atomic E-state index is 5.85. The highest BCUT2D eigenvalue weighted by molar-refractivity contribution is 5.25. The third-order valence-corrected chi connectivity index (χ3v) is 4.66. The quantitative estimate of drug-likeness (QED) is 0.869. The molecule has 0 saturated heterocycles. The predicted molar refractivity (Wildman–Crippen MR) is 85.4 cm³/mol. The van der Waals surface area contributed by atoms with Crippen molar-refractivity contribution in [1.29, 1.82) is 0 Å². The van der Waals surface area contributed by atoms with Crippen LogP contribution in [0.2, 0.25) is 0 Å². The Balaban J connectivity index is 1.94. The fourth-order valence-corrected chi connectivity index (χ4v) is 2.92. The van der Waals surface area contributed by atoms with Gasteiger partial charge in [0, 0.05) is 13.1 Å². The zero-order valence-electron chi connectivity index (χ0n) is 14.1. The topological polar surface area (TPSA) is 54.2 Å². The molecule has 1 aliphatic rings. The van der Waals surface area contributed by atoms with E-state index in [2.05, 4.69) is 55.2 Å². The molecule has 1 unspecified atom stereocenters. The highest BCUT2D eigenvalue weighted by Gasteiger charge is 2.30. The van der Waals surface area contributed by atoms with Gasteiger partial charge < -0.3 is 14.6 Å². The van der Waals surface area contributed by atoms with Crippen molar-refractivity contribution in [2.24, 2.45) is 5.41 Å². The number of nitrogens with one attached hydrogen (secondary N) is 1. The number of anilines is 1. The molecule has 21 heavy (non-hydrogen) atoms. The van der Waals surface area contributed by atoms with Gasteiger partial charge in [-0.1, -0.05) is 25.9 Å². The van der Waals surface area contributed by atoms with Crippen LogP contribution in [0.15, 0.2) is 4.42 Å². The van der Waals surface area contributed by atoms with Crippen molar-refractivity contribution in [2.75, 3.05) is 18.5 Å². The summed E-state index contributed by atoms with van der Waals surface area (Å²) < 4.78 is 5.85. The van der Waals surface area contributed by atoms with E-state index in [9.17, 15) is 0 Å². The number of aromatic nitrogens is 2. The lowest BCUT2D eigenvalue weighted by atomic mass is 9.75. The van der Waals surface area contributed by atoms with E-state index in [1.165, 1.54) is 25.7 Å². The summed E-state index contributed by atoms with van der Waals surface area (Å²) in [6.45, 7) is 9.89. The van der Waals surface area contributed by atoms with E-state index in [0.29, 0.717) is 23.4 Å². The molecule has 0 aromatic carbocycles. The fraction of sp³-hybridized carbons (Fsp3) is 0.875. The molecule has 1 aromatic heterocycles. The Morgan fingerprint density at radius 2 is 2.00 bits per heavy atom. The predicted octanol–water partition coefficient (Wildman–Crippen LogP) is 3.54. The van der Waals surface area contributed by atoms with Crippen LogP contribution in [-0.4, -0.2) is 29.8 Å². The van der Waals surface area contributed by atoms with Crippen LogP contribution in [-0.2, 0) is 0 Å². The second kappa shape index (κ2) is 6.77. The molecule has 0 aliphatic heterocycles. The normalized spacial score (nSPS) is 20.4. The molecular weight excluding hydrogens is 264 g/mol. The van der Waals surface area contributed by atoms with Gasteiger partial charge in [0.15, 0.2) is 0 Å². The first-order valence-corrected chi connectivity index (χ1v) is 8.22. The number of hydrogen-bond acceptors (Lipinski definition) is 5. The van der Waals surface area contributed by atoms with Crippen LogP contribution in [0.4, 0.5) is 6.01 Å².